The molecule has 1 aromatic rings. The Morgan fingerprint density at radius 3 is 2.55 bits per heavy atom. The molecule has 0 spiro atoms. The van der Waals surface area contributed by atoms with Crippen LogP contribution in [-0.2, 0) is 0 Å². The van der Waals surface area contributed by atoms with Gasteiger partial charge < -0.3 is 15.1 Å². The molecule has 1 saturated carbocycles. The minimum Gasteiger partial charge on any atom is -0.373 e. The van der Waals surface area contributed by atoms with Gasteiger partial charge in [0.2, 0.25) is 0 Å². The fourth-order valence-electron chi connectivity index (χ4n) is 3.02. The highest BCUT2D eigenvalue weighted by molar-refractivity contribution is 5.59. The summed E-state index contributed by atoms with van der Waals surface area (Å²) >= 11 is 0. The maximum atomic E-state index is 4.90. The zero-order valence-electron chi connectivity index (χ0n) is 13.0. The normalized spacial score (nSPS) is 24.0. The Kier molecular flexibility index (Phi) is 3.54. The number of piperazine rings is 1. The van der Waals surface area contributed by atoms with Gasteiger partial charge in [-0.1, -0.05) is 0 Å². The Morgan fingerprint density at radius 2 is 1.95 bits per heavy atom. The van der Waals surface area contributed by atoms with E-state index in [4.69, 9.17) is 4.98 Å². The summed E-state index contributed by atoms with van der Waals surface area (Å²) in [5.74, 6) is 3.74. The molecule has 5 nitrogen and oxygen atoms in total. The Hall–Kier alpha value is -1.36. The molecule has 5 heteroatoms. The topological polar surface area (TPSA) is 44.3 Å². The minimum atomic E-state index is 0.499. The van der Waals surface area contributed by atoms with Crippen LogP contribution in [0.3, 0.4) is 0 Å². The summed E-state index contributed by atoms with van der Waals surface area (Å²) in [6.45, 7) is 7.65. The maximum Gasteiger partial charge on any atom is 0.137 e. The van der Waals surface area contributed by atoms with Gasteiger partial charge in [-0.3, -0.25) is 0 Å². The predicted molar refractivity (Wildman–Crippen MR) is 82.6 cm³/mol. The highest BCUT2D eigenvalue weighted by Gasteiger charge is 2.30. The molecule has 0 aromatic carbocycles. The van der Waals surface area contributed by atoms with Crippen molar-refractivity contribution in [1.82, 2.24) is 14.9 Å². The van der Waals surface area contributed by atoms with E-state index in [1.54, 1.807) is 0 Å². The second-order valence-electron chi connectivity index (χ2n) is 6.21. The SMILES string of the molecule is CNc1nc(C2CC2)nc(N2CCN(C)CC2C)c1C. The molecule has 0 bridgehead atoms. The standard InChI is InChI=1S/C15H25N5/c1-10-9-19(4)7-8-20(10)15-11(2)13(16-3)17-14(18-15)12-5-6-12/h10,12H,5-9H2,1-4H3,(H,16,17,18). The van der Waals surface area contributed by atoms with Crippen molar-refractivity contribution in [2.75, 3.05) is 43.9 Å². The smallest absolute Gasteiger partial charge is 0.137 e. The van der Waals surface area contributed by atoms with Crippen molar-refractivity contribution in [1.29, 1.82) is 0 Å². The molecule has 0 radical (unpaired) electrons. The zero-order valence-corrected chi connectivity index (χ0v) is 13.0. The number of likely N-dealkylation sites (N-methyl/N-ethyl adjacent to an activating group) is 1. The third kappa shape index (κ3) is 2.46. The lowest BCUT2D eigenvalue weighted by molar-refractivity contribution is 0.274. The molecule has 1 N–H and O–H groups in total. The van der Waals surface area contributed by atoms with Gasteiger partial charge in [-0.05, 0) is 33.7 Å². The summed E-state index contributed by atoms with van der Waals surface area (Å²) in [5.41, 5.74) is 1.17. The van der Waals surface area contributed by atoms with Gasteiger partial charge >= 0.3 is 0 Å². The van der Waals surface area contributed by atoms with E-state index in [1.807, 2.05) is 7.05 Å². The molecule has 1 aliphatic heterocycles. The number of hydrogen-bond donors (Lipinski definition) is 1. The number of aromatic nitrogens is 2. The fraction of sp³-hybridized carbons (Fsp3) is 0.733. The molecule has 1 atom stereocenters. The van der Waals surface area contributed by atoms with Crippen LogP contribution in [0.4, 0.5) is 11.6 Å². The van der Waals surface area contributed by atoms with Gasteiger partial charge in [-0.15, -0.1) is 0 Å². The van der Waals surface area contributed by atoms with E-state index in [-0.39, 0.29) is 0 Å². The molecular weight excluding hydrogens is 250 g/mol. The van der Waals surface area contributed by atoms with Gasteiger partial charge in [0.25, 0.3) is 0 Å². The molecule has 1 aliphatic carbocycles. The molecule has 2 aliphatic rings. The summed E-state index contributed by atoms with van der Waals surface area (Å²) in [6.07, 6.45) is 2.48. The molecule has 1 aromatic heterocycles. The van der Waals surface area contributed by atoms with Crippen LogP contribution in [0.2, 0.25) is 0 Å². The van der Waals surface area contributed by atoms with E-state index in [1.165, 1.54) is 18.4 Å². The second kappa shape index (κ2) is 5.20. The monoisotopic (exact) mass is 275 g/mol. The quantitative estimate of drug-likeness (QED) is 0.912. The Morgan fingerprint density at radius 1 is 1.20 bits per heavy atom. The van der Waals surface area contributed by atoms with Crippen LogP contribution in [0.1, 0.15) is 37.1 Å². The first-order valence-corrected chi connectivity index (χ1v) is 7.61. The van der Waals surface area contributed by atoms with Crippen LogP contribution in [0, 0.1) is 6.92 Å². The summed E-state index contributed by atoms with van der Waals surface area (Å²) in [7, 11) is 4.14. The molecule has 2 heterocycles. The lowest BCUT2D eigenvalue weighted by Crippen LogP contribution is -2.51. The molecule has 20 heavy (non-hydrogen) atoms. The molecule has 2 fully saturated rings. The summed E-state index contributed by atoms with van der Waals surface area (Å²) in [6, 6.07) is 0.499. The summed E-state index contributed by atoms with van der Waals surface area (Å²) in [4.78, 5) is 14.4. The molecule has 1 saturated heterocycles. The Bertz CT molecular complexity index is 497. The van der Waals surface area contributed by atoms with E-state index >= 15 is 0 Å². The average molecular weight is 275 g/mol. The van der Waals surface area contributed by atoms with Gasteiger partial charge in [0.1, 0.15) is 17.5 Å². The van der Waals surface area contributed by atoms with Crippen LogP contribution in [0.25, 0.3) is 0 Å². The van der Waals surface area contributed by atoms with Crippen molar-refractivity contribution in [3.63, 3.8) is 0 Å². The number of anilines is 2. The van der Waals surface area contributed by atoms with Crippen molar-refractivity contribution in [3.8, 4) is 0 Å². The van der Waals surface area contributed by atoms with Crippen molar-refractivity contribution >= 4 is 11.6 Å². The molecule has 0 amide bonds. The van der Waals surface area contributed by atoms with Crippen LogP contribution < -0.4 is 10.2 Å². The first-order chi connectivity index (χ1) is 9.60. The maximum absolute atomic E-state index is 4.90. The van der Waals surface area contributed by atoms with Crippen LogP contribution in [-0.4, -0.2) is 54.6 Å². The molecular formula is C15H25N5. The zero-order chi connectivity index (χ0) is 14.3. The van der Waals surface area contributed by atoms with Gasteiger partial charge in [-0.2, -0.15) is 0 Å². The molecule has 110 valence electrons. The molecule has 3 rings (SSSR count). The first kappa shape index (κ1) is 13.6. The minimum absolute atomic E-state index is 0.499. The van der Waals surface area contributed by atoms with E-state index in [0.717, 1.165) is 37.1 Å². The largest absolute Gasteiger partial charge is 0.373 e. The van der Waals surface area contributed by atoms with Gasteiger partial charge in [-0.25, -0.2) is 9.97 Å². The van der Waals surface area contributed by atoms with Crippen LogP contribution in [0.15, 0.2) is 0 Å². The van der Waals surface area contributed by atoms with Crippen molar-refractivity contribution < 1.29 is 0 Å². The van der Waals surface area contributed by atoms with Gasteiger partial charge in [0.05, 0.1) is 0 Å². The van der Waals surface area contributed by atoms with Crippen LogP contribution in [0.5, 0.6) is 0 Å². The fourth-order valence-corrected chi connectivity index (χ4v) is 3.02. The lowest BCUT2D eigenvalue weighted by atomic mass is 10.1. The summed E-state index contributed by atoms with van der Waals surface area (Å²) < 4.78 is 0. The number of nitrogens with one attached hydrogen (secondary N) is 1. The summed E-state index contributed by atoms with van der Waals surface area (Å²) in [5, 5.41) is 3.23. The van der Waals surface area contributed by atoms with Crippen LogP contribution >= 0.6 is 0 Å². The second-order valence-corrected chi connectivity index (χ2v) is 6.21. The third-order valence-electron chi connectivity index (χ3n) is 4.42. The number of hydrogen-bond acceptors (Lipinski definition) is 5. The number of rotatable bonds is 3. The third-order valence-corrected chi connectivity index (χ3v) is 4.42. The van der Waals surface area contributed by atoms with Gasteiger partial charge in [0.15, 0.2) is 0 Å². The predicted octanol–water partition coefficient (Wildman–Crippen LogP) is 1.84. The highest BCUT2D eigenvalue weighted by atomic mass is 15.3. The highest BCUT2D eigenvalue weighted by Crippen LogP contribution is 2.40. The Balaban J connectivity index is 1.96. The van der Waals surface area contributed by atoms with E-state index < -0.39 is 0 Å². The van der Waals surface area contributed by atoms with E-state index in [2.05, 4.69) is 41.0 Å². The van der Waals surface area contributed by atoms with Crippen molar-refractivity contribution in [2.45, 2.75) is 38.6 Å². The van der Waals surface area contributed by atoms with Gasteiger partial charge in [0, 0.05) is 44.2 Å². The number of nitrogens with zero attached hydrogens (tertiary/aromatic N) is 4. The van der Waals surface area contributed by atoms with Crippen molar-refractivity contribution in [3.05, 3.63) is 11.4 Å². The van der Waals surface area contributed by atoms with E-state index in [9.17, 15) is 0 Å². The average Bonchev–Trinajstić information content (AvgIpc) is 3.24. The first-order valence-electron chi connectivity index (χ1n) is 7.61. The Labute approximate surface area is 121 Å². The lowest BCUT2D eigenvalue weighted by Gasteiger charge is -2.39. The van der Waals surface area contributed by atoms with Crippen molar-refractivity contribution in [2.24, 2.45) is 0 Å². The molecule has 1 unspecified atom stereocenters. The van der Waals surface area contributed by atoms with E-state index in [0.29, 0.717) is 12.0 Å².